The first-order valence-corrected chi connectivity index (χ1v) is 4.41. The van der Waals surface area contributed by atoms with Crippen LogP contribution in [0.4, 0.5) is 8.78 Å². The van der Waals surface area contributed by atoms with E-state index in [1.54, 1.807) is 19.1 Å². The van der Waals surface area contributed by atoms with Crippen LogP contribution in [0.25, 0.3) is 0 Å². The number of hydrogen-bond acceptors (Lipinski definition) is 0. The number of rotatable bonds is 2. The second-order valence-corrected chi connectivity index (χ2v) is 3.57. The molecule has 0 spiro atoms. The van der Waals surface area contributed by atoms with Gasteiger partial charge < -0.3 is 0 Å². The SMILES string of the molecule is Cc1ccc(C(C)C)cc1C(F)F. The fourth-order valence-corrected chi connectivity index (χ4v) is 1.25. The molecule has 0 aliphatic rings. The van der Waals surface area contributed by atoms with Gasteiger partial charge in [-0.2, -0.15) is 0 Å². The average Bonchev–Trinajstić information content (AvgIpc) is 2.04. The Morgan fingerprint density at radius 3 is 2.23 bits per heavy atom. The lowest BCUT2D eigenvalue weighted by Gasteiger charge is -2.10. The summed E-state index contributed by atoms with van der Waals surface area (Å²) >= 11 is 0. The van der Waals surface area contributed by atoms with E-state index in [4.69, 9.17) is 0 Å². The summed E-state index contributed by atoms with van der Waals surface area (Å²) in [5, 5.41) is 0. The highest BCUT2D eigenvalue weighted by Crippen LogP contribution is 2.26. The molecule has 0 heterocycles. The summed E-state index contributed by atoms with van der Waals surface area (Å²) in [5.41, 5.74) is 1.80. The molecular weight excluding hydrogens is 170 g/mol. The normalized spacial score (nSPS) is 11.3. The molecule has 0 aromatic heterocycles. The third-order valence-electron chi connectivity index (χ3n) is 2.21. The van der Waals surface area contributed by atoms with Crippen molar-refractivity contribution >= 4 is 0 Å². The lowest BCUT2D eigenvalue weighted by molar-refractivity contribution is 0.150. The van der Waals surface area contributed by atoms with Crippen molar-refractivity contribution in [1.29, 1.82) is 0 Å². The number of aryl methyl sites for hydroxylation is 1. The predicted molar refractivity (Wildman–Crippen MR) is 50.2 cm³/mol. The zero-order chi connectivity index (χ0) is 10.0. The molecule has 0 unspecified atom stereocenters. The Balaban J connectivity index is 3.11. The summed E-state index contributed by atoms with van der Waals surface area (Å²) in [6.45, 7) is 5.71. The molecule has 0 radical (unpaired) electrons. The Kier molecular flexibility index (Phi) is 3.02. The molecule has 0 aliphatic heterocycles. The second-order valence-electron chi connectivity index (χ2n) is 3.57. The van der Waals surface area contributed by atoms with E-state index in [0.717, 1.165) is 5.56 Å². The first-order valence-electron chi connectivity index (χ1n) is 4.41. The largest absolute Gasteiger partial charge is 0.264 e. The monoisotopic (exact) mass is 184 g/mol. The van der Waals surface area contributed by atoms with Crippen LogP contribution in [0.3, 0.4) is 0 Å². The first kappa shape index (κ1) is 10.2. The Hall–Kier alpha value is -0.920. The standard InChI is InChI=1S/C11H14F2/c1-7(2)9-5-4-8(3)10(6-9)11(12)13/h4-7,11H,1-3H3. The highest BCUT2D eigenvalue weighted by molar-refractivity contribution is 5.33. The Bertz CT molecular complexity index is 290. The van der Waals surface area contributed by atoms with E-state index >= 15 is 0 Å². The molecule has 2 heteroatoms. The van der Waals surface area contributed by atoms with Crippen molar-refractivity contribution in [3.8, 4) is 0 Å². The third kappa shape index (κ3) is 2.27. The van der Waals surface area contributed by atoms with E-state index in [9.17, 15) is 8.78 Å². The van der Waals surface area contributed by atoms with Gasteiger partial charge in [-0.25, -0.2) is 8.78 Å². The molecule has 1 aromatic rings. The molecule has 13 heavy (non-hydrogen) atoms. The van der Waals surface area contributed by atoms with Gasteiger partial charge in [-0.05, 0) is 30.0 Å². The molecule has 0 aliphatic carbocycles. The smallest absolute Gasteiger partial charge is 0.205 e. The summed E-state index contributed by atoms with van der Waals surface area (Å²) < 4.78 is 24.9. The van der Waals surface area contributed by atoms with Crippen LogP contribution in [0.1, 0.15) is 42.9 Å². The van der Waals surface area contributed by atoms with Crippen LogP contribution in [-0.4, -0.2) is 0 Å². The van der Waals surface area contributed by atoms with Gasteiger partial charge in [0.05, 0.1) is 0 Å². The van der Waals surface area contributed by atoms with Crippen LogP contribution >= 0.6 is 0 Å². The molecule has 0 saturated heterocycles. The van der Waals surface area contributed by atoms with Gasteiger partial charge in [-0.1, -0.05) is 26.0 Å². The number of halogens is 2. The van der Waals surface area contributed by atoms with Gasteiger partial charge in [-0.3, -0.25) is 0 Å². The minimum Gasteiger partial charge on any atom is -0.205 e. The second kappa shape index (κ2) is 3.86. The Morgan fingerprint density at radius 1 is 1.15 bits per heavy atom. The van der Waals surface area contributed by atoms with E-state index in [1.165, 1.54) is 0 Å². The lowest BCUT2D eigenvalue weighted by Crippen LogP contribution is -1.94. The minimum absolute atomic E-state index is 0.159. The third-order valence-corrected chi connectivity index (χ3v) is 2.21. The highest BCUT2D eigenvalue weighted by Gasteiger charge is 2.11. The summed E-state index contributed by atoms with van der Waals surface area (Å²) in [6, 6.07) is 5.27. The summed E-state index contributed by atoms with van der Waals surface area (Å²) in [5.74, 6) is 0.304. The quantitative estimate of drug-likeness (QED) is 0.650. The van der Waals surface area contributed by atoms with Gasteiger partial charge in [0.2, 0.25) is 0 Å². The van der Waals surface area contributed by atoms with Crippen LogP contribution in [0, 0.1) is 6.92 Å². The minimum atomic E-state index is -2.36. The van der Waals surface area contributed by atoms with Gasteiger partial charge in [-0.15, -0.1) is 0 Å². The van der Waals surface area contributed by atoms with E-state index in [0.29, 0.717) is 11.5 Å². The molecular formula is C11H14F2. The number of hydrogen-bond donors (Lipinski definition) is 0. The highest BCUT2D eigenvalue weighted by atomic mass is 19.3. The molecule has 1 aromatic carbocycles. The van der Waals surface area contributed by atoms with Gasteiger partial charge in [0, 0.05) is 5.56 Å². The molecule has 0 atom stereocenters. The predicted octanol–water partition coefficient (Wildman–Crippen LogP) is 4.06. The molecule has 0 fully saturated rings. The van der Waals surface area contributed by atoms with Gasteiger partial charge in [0.1, 0.15) is 0 Å². The maximum absolute atomic E-state index is 12.5. The van der Waals surface area contributed by atoms with E-state index in [2.05, 4.69) is 0 Å². The van der Waals surface area contributed by atoms with Crippen LogP contribution in [0.5, 0.6) is 0 Å². The summed E-state index contributed by atoms with van der Waals surface area (Å²) in [4.78, 5) is 0. The molecule has 0 bridgehead atoms. The van der Waals surface area contributed by atoms with Gasteiger partial charge >= 0.3 is 0 Å². The van der Waals surface area contributed by atoms with Crippen LogP contribution in [0.2, 0.25) is 0 Å². The van der Waals surface area contributed by atoms with Crippen molar-refractivity contribution in [2.45, 2.75) is 33.1 Å². The van der Waals surface area contributed by atoms with Crippen molar-refractivity contribution < 1.29 is 8.78 Å². The average molecular weight is 184 g/mol. The van der Waals surface area contributed by atoms with Crippen molar-refractivity contribution in [3.05, 3.63) is 34.9 Å². The zero-order valence-electron chi connectivity index (χ0n) is 8.14. The maximum Gasteiger partial charge on any atom is 0.264 e. The lowest BCUT2D eigenvalue weighted by atomic mass is 9.98. The van der Waals surface area contributed by atoms with E-state index in [-0.39, 0.29) is 5.56 Å². The van der Waals surface area contributed by atoms with Crippen molar-refractivity contribution in [2.24, 2.45) is 0 Å². The van der Waals surface area contributed by atoms with Gasteiger partial charge in [0.25, 0.3) is 6.43 Å². The Morgan fingerprint density at radius 2 is 1.77 bits per heavy atom. The number of benzene rings is 1. The maximum atomic E-state index is 12.5. The Labute approximate surface area is 77.6 Å². The fourth-order valence-electron chi connectivity index (χ4n) is 1.25. The van der Waals surface area contributed by atoms with Gasteiger partial charge in [0.15, 0.2) is 0 Å². The van der Waals surface area contributed by atoms with E-state index < -0.39 is 6.43 Å². The molecule has 0 N–H and O–H groups in total. The molecule has 1 rings (SSSR count). The fraction of sp³-hybridized carbons (Fsp3) is 0.455. The van der Waals surface area contributed by atoms with Crippen molar-refractivity contribution in [3.63, 3.8) is 0 Å². The van der Waals surface area contributed by atoms with Crippen molar-refractivity contribution in [1.82, 2.24) is 0 Å². The molecule has 0 amide bonds. The summed E-state index contributed by atoms with van der Waals surface area (Å²) in [7, 11) is 0. The molecule has 72 valence electrons. The summed E-state index contributed by atoms with van der Waals surface area (Å²) in [6.07, 6.45) is -2.36. The van der Waals surface area contributed by atoms with Crippen LogP contribution < -0.4 is 0 Å². The first-order chi connectivity index (χ1) is 6.02. The number of alkyl halides is 2. The van der Waals surface area contributed by atoms with Crippen molar-refractivity contribution in [2.75, 3.05) is 0 Å². The van der Waals surface area contributed by atoms with Crippen LogP contribution in [-0.2, 0) is 0 Å². The van der Waals surface area contributed by atoms with Crippen LogP contribution in [0.15, 0.2) is 18.2 Å². The molecule has 0 nitrogen and oxygen atoms in total. The topological polar surface area (TPSA) is 0 Å². The molecule has 0 saturated carbocycles. The zero-order valence-corrected chi connectivity index (χ0v) is 8.14. The van der Waals surface area contributed by atoms with E-state index in [1.807, 2.05) is 19.9 Å².